The number of hydrogen-bond acceptors (Lipinski definition) is 6. The number of hydrogen-bond donors (Lipinski definition) is 1. The van der Waals surface area contributed by atoms with Crippen LogP contribution in [0.3, 0.4) is 0 Å². The number of ether oxygens (including phenoxy) is 4. The fraction of sp³-hybridized carbons (Fsp3) is 0.529. The smallest absolute Gasteiger partial charge is 0.338 e. The predicted molar refractivity (Wildman–Crippen MR) is 81.2 cm³/mol. The van der Waals surface area contributed by atoms with Crippen LogP contribution < -0.4 is 0 Å². The van der Waals surface area contributed by atoms with E-state index < -0.39 is 42.1 Å². The maximum Gasteiger partial charge on any atom is 0.338 e. The van der Waals surface area contributed by atoms with E-state index in [-0.39, 0.29) is 13.0 Å². The topological polar surface area (TPSA) is 91.3 Å². The van der Waals surface area contributed by atoms with Gasteiger partial charge in [0.1, 0.15) is 18.8 Å². The summed E-state index contributed by atoms with van der Waals surface area (Å²) in [5, 5.41) is 9.14. The second-order valence-corrected chi connectivity index (χ2v) is 6.37. The lowest BCUT2D eigenvalue weighted by Crippen LogP contribution is -2.34. The van der Waals surface area contributed by atoms with Crippen LogP contribution in [0.5, 0.6) is 0 Å². The Labute approximate surface area is 139 Å². The average Bonchev–Trinajstić information content (AvgIpc) is 2.98. The molecule has 0 unspecified atom stereocenters. The van der Waals surface area contributed by atoms with Crippen molar-refractivity contribution in [3.63, 3.8) is 0 Å². The maximum atomic E-state index is 12.0. The van der Waals surface area contributed by atoms with E-state index in [9.17, 15) is 9.59 Å². The Bertz CT molecular complexity index is 613. The Hall–Kier alpha value is -1.96. The zero-order chi connectivity index (χ0) is 17.3. The van der Waals surface area contributed by atoms with E-state index in [0.29, 0.717) is 5.56 Å². The SMILES string of the molecule is CC1(C)O[C@H]2O[C@H](COC(=O)c3ccccc3)[C@@H](CC(=O)O)[C@H]2O1. The van der Waals surface area contributed by atoms with E-state index >= 15 is 0 Å². The van der Waals surface area contributed by atoms with Crippen molar-refractivity contribution in [1.29, 1.82) is 0 Å². The van der Waals surface area contributed by atoms with Gasteiger partial charge in [0.25, 0.3) is 0 Å². The van der Waals surface area contributed by atoms with Gasteiger partial charge < -0.3 is 24.1 Å². The highest BCUT2D eigenvalue weighted by Gasteiger charge is 2.55. The molecule has 0 aromatic heterocycles. The summed E-state index contributed by atoms with van der Waals surface area (Å²) >= 11 is 0. The van der Waals surface area contributed by atoms with Gasteiger partial charge in [-0.05, 0) is 26.0 Å². The maximum absolute atomic E-state index is 12.0. The van der Waals surface area contributed by atoms with E-state index in [2.05, 4.69) is 0 Å². The van der Waals surface area contributed by atoms with E-state index in [1.807, 2.05) is 0 Å². The zero-order valence-electron chi connectivity index (χ0n) is 13.5. The lowest BCUT2D eigenvalue weighted by Gasteiger charge is -2.24. The van der Waals surface area contributed by atoms with Crippen LogP contribution in [0.25, 0.3) is 0 Å². The normalized spacial score (nSPS) is 30.8. The van der Waals surface area contributed by atoms with E-state index in [1.54, 1.807) is 44.2 Å². The molecule has 4 atom stereocenters. The van der Waals surface area contributed by atoms with Crippen molar-refractivity contribution in [1.82, 2.24) is 0 Å². The van der Waals surface area contributed by atoms with E-state index in [1.165, 1.54) is 0 Å². The number of aliphatic carboxylic acids is 1. The highest BCUT2D eigenvalue weighted by molar-refractivity contribution is 5.89. The first-order valence-corrected chi connectivity index (χ1v) is 7.81. The molecule has 0 amide bonds. The van der Waals surface area contributed by atoms with Crippen molar-refractivity contribution in [2.45, 2.75) is 44.6 Å². The van der Waals surface area contributed by atoms with Gasteiger partial charge in [-0.1, -0.05) is 18.2 Å². The van der Waals surface area contributed by atoms with Crippen LogP contribution in [-0.2, 0) is 23.7 Å². The summed E-state index contributed by atoms with van der Waals surface area (Å²) < 4.78 is 22.4. The number of rotatable bonds is 5. The van der Waals surface area contributed by atoms with Crippen LogP contribution in [0.15, 0.2) is 30.3 Å². The van der Waals surface area contributed by atoms with Crippen molar-refractivity contribution in [3.8, 4) is 0 Å². The van der Waals surface area contributed by atoms with Crippen LogP contribution in [0.1, 0.15) is 30.6 Å². The summed E-state index contributed by atoms with van der Waals surface area (Å²) in [5.41, 5.74) is 0.430. The lowest BCUT2D eigenvalue weighted by molar-refractivity contribution is -0.214. The number of fused-ring (bicyclic) bond motifs is 1. The fourth-order valence-electron chi connectivity index (χ4n) is 3.06. The molecular formula is C17H20O7. The molecule has 130 valence electrons. The molecule has 0 saturated carbocycles. The second-order valence-electron chi connectivity index (χ2n) is 6.37. The number of carbonyl (C=O) groups is 2. The Kier molecular flexibility index (Phi) is 4.58. The molecule has 0 bridgehead atoms. The monoisotopic (exact) mass is 336 g/mol. The van der Waals surface area contributed by atoms with Gasteiger partial charge in [0, 0.05) is 5.92 Å². The number of esters is 1. The first-order valence-electron chi connectivity index (χ1n) is 7.81. The van der Waals surface area contributed by atoms with Crippen molar-refractivity contribution < 1.29 is 33.6 Å². The first-order chi connectivity index (χ1) is 11.4. The van der Waals surface area contributed by atoms with Gasteiger partial charge in [0.2, 0.25) is 0 Å². The molecule has 0 spiro atoms. The molecule has 24 heavy (non-hydrogen) atoms. The third-order valence-electron chi connectivity index (χ3n) is 4.10. The van der Waals surface area contributed by atoms with Crippen molar-refractivity contribution in [2.75, 3.05) is 6.61 Å². The molecule has 1 aromatic carbocycles. The fourth-order valence-corrected chi connectivity index (χ4v) is 3.06. The molecule has 2 aliphatic heterocycles. The van der Waals surface area contributed by atoms with Crippen LogP contribution in [0.4, 0.5) is 0 Å². The average molecular weight is 336 g/mol. The zero-order valence-corrected chi connectivity index (χ0v) is 13.5. The molecule has 0 radical (unpaired) electrons. The van der Waals surface area contributed by atoms with Crippen molar-refractivity contribution >= 4 is 11.9 Å². The third-order valence-corrected chi connectivity index (χ3v) is 4.10. The predicted octanol–water partition coefficient (Wildman–Crippen LogP) is 1.81. The summed E-state index contributed by atoms with van der Waals surface area (Å²) in [6.07, 6.45) is -1.87. The molecule has 1 aromatic rings. The van der Waals surface area contributed by atoms with Gasteiger partial charge in [-0.2, -0.15) is 0 Å². The quantitative estimate of drug-likeness (QED) is 0.820. The van der Waals surface area contributed by atoms with Crippen LogP contribution in [0.2, 0.25) is 0 Å². The lowest BCUT2D eigenvalue weighted by atomic mass is 9.95. The Morgan fingerprint density at radius 3 is 2.58 bits per heavy atom. The number of carboxylic acid groups (broad SMARTS) is 1. The van der Waals surface area contributed by atoms with Gasteiger partial charge >= 0.3 is 11.9 Å². The summed E-state index contributed by atoms with van der Waals surface area (Å²) in [6.45, 7) is 3.44. The highest BCUT2D eigenvalue weighted by atomic mass is 16.8. The Morgan fingerprint density at radius 1 is 1.21 bits per heavy atom. The van der Waals surface area contributed by atoms with Gasteiger partial charge in [0.05, 0.1) is 12.0 Å². The molecule has 7 heteroatoms. The minimum absolute atomic E-state index is 0.0498. The molecule has 2 aliphatic rings. The molecular weight excluding hydrogens is 316 g/mol. The van der Waals surface area contributed by atoms with Crippen molar-refractivity contribution in [3.05, 3.63) is 35.9 Å². The summed E-state index contributed by atoms with van der Waals surface area (Å²) in [5.74, 6) is -2.71. The molecule has 7 nitrogen and oxygen atoms in total. The largest absolute Gasteiger partial charge is 0.481 e. The van der Waals surface area contributed by atoms with Crippen LogP contribution in [-0.4, -0.2) is 47.9 Å². The highest BCUT2D eigenvalue weighted by Crippen LogP contribution is 2.42. The molecule has 3 rings (SSSR count). The third kappa shape index (κ3) is 3.58. The summed E-state index contributed by atoms with van der Waals surface area (Å²) in [6, 6.07) is 8.58. The Morgan fingerprint density at radius 2 is 1.92 bits per heavy atom. The second kappa shape index (κ2) is 6.51. The Balaban J connectivity index is 1.64. The molecule has 1 N–H and O–H groups in total. The molecule has 0 aliphatic carbocycles. The summed E-state index contributed by atoms with van der Waals surface area (Å²) in [4.78, 5) is 23.2. The van der Waals surface area contributed by atoms with Gasteiger partial charge in [-0.15, -0.1) is 0 Å². The first kappa shape index (κ1) is 16.9. The number of carboxylic acids is 1. The van der Waals surface area contributed by atoms with Gasteiger partial charge in [0.15, 0.2) is 12.1 Å². The number of carbonyl (C=O) groups excluding carboxylic acids is 1. The molecule has 2 heterocycles. The van der Waals surface area contributed by atoms with Crippen LogP contribution in [0, 0.1) is 5.92 Å². The molecule has 2 saturated heterocycles. The van der Waals surface area contributed by atoms with E-state index in [4.69, 9.17) is 24.1 Å². The van der Waals surface area contributed by atoms with Gasteiger partial charge in [-0.3, -0.25) is 4.79 Å². The molecule has 2 fully saturated rings. The van der Waals surface area contributed by atoms with Gasteiger partial charge in [-0.25, -0.2) is 4.79 Å². The summed E-state index contributed by atoms with van der Waals surface area (Å²) in [7, 11) is 0. The minimum Gasteiger partial charge on any atom is -0.481 e. The minimum atomic E-state index is -0.961. The number of benzene rings is 1. The van der Waals surface area contributed by atoms with Crippen molar-refractivity contribution in [2.24, 2.45) is 5.92 Å². The van der Waals surface area contributed by atoms with Crippen LogP contribution >= 0.6 is 0 Å². The van der Waals surface area contributed by atoms with E-state index in [0.717, 1.165) is 0 Å². The standard InChI is InChI=1S/C17H20O7/c1-17(2)23-14-11(8-13(18)19)12(22-16(14)24-17)9-21-15(20)10-6-4-3-5-7-10/h3-7,11-12,14,16H,8-9H2,1-2H3,(H,18,19)/t11-,12-,14-,16-/m1/s1.